The van der Waals surface area contributed by atoms with Crippen molar-refractivity contribution < 1.29 is 13.2 Å². The monoisotopic (exact) mass is 351 g/mol. The van der Waals surface area contributed by atoms with Crippen LogP contribution in [0.4, 0.5) is 13.2 Å². The maximum absolute atomic E-state index is 12.9. The maximum Gasteiger partial charge on any atom is 0.416 e. The summed E-state index contributed by atoms with van der Waals surface area (Å²) in [5.41, 5.74) is 1.21. The van der Waals surface area contributed by atoms with Gasteiger partial charge in [-0.2, -0.15) is 13.2 Å². The summed E-state index contributed by atoms with van der Waals surface area (Å²) in [5.74, 6) is 1.76. The van der Waals surface area contributed by atoms with E-state index in [1.54, 1.807) is 6.07 Å². The van der Waals surface area contributed by atoms with Gasteiger partial charge < -0.3 is 0 Å². The Morgan fingerprint density at radius 3 is 2.52 bits per heavy atom. The van der Waals surface area contributed by atoms with Gasteiger partial charge >= 0.3 is 6.18 Å². The number of benzene rings is 1. The van der Waals surface area contributed by atoms with Crippen LogP contribution in [0, 0.1) is 11.8 Å². The van der Waals surface area contributed by atoms with Gasteiger partial charge in [-0.05, 0) is 54.5 Å². The zero-order valence-electron chi connectivity index (χ0n) is 15.0. The third-order valence-electron chi connectivity index (χ3n) is 5.84. The molecule has 3 rings (SSSR count). The van der Waals surface area contributed by atoms with Crippen molar-refractivity contribution in [2.45, 2.75) is 51.6 Å². The van der Waals surface area contributed by atoms with Crippen LogP contribution in [-0.2, 0) is 6.18 Å². The summed E-state index contributed by atoms with van der Waals surface area (Å²) in [6.45, 7) is 5.27. The van der Waals surface area contributed by atoms with Crippen LogP contribution >= 0.6 is 0 Å². The van der Waals surface area contributed by atoms with Crippen molar-refractivity contribution in [1.29, 1.82) is 0 Å². The van der Waals surface area contributed by atoms with Gasteiger partial charge in [-0.25, -0.2) is 0 Å². The summed E-state index contributed by atoms with van der Waals surface area (Å²) in [5, 5.41) is 0. The molecule has 4 heteroatoms. The molecule has 1 aliphatic heterocycles. The van der Waals surface area contributed by atoms with Crippen molar-refractivity contribution in [1.82, 2.24) is 4.90 Å². The van der Waals surface area contributed by atoms with E-state index >= 15 is 0 Å². The lowest BCUT2D eigenvalue weighted by Gasteiger charge is -2.30. The van der Waals surface area contributed by atoms with Gasteiger partial charge in [-0.15, -0.1) is 0 Å². The minimum Gasteiger partial charge on any atom is -0.299 e. The summed E-state index contributed by atoms with van der Waals surface area (Å²) in [6.07, 6.45) is 5.40. The standard InChI is InChI=1S/C21H28F3N/c1-16-5-7-17(8-6-16)9-12-25-13-10-18(11-14-25)19-3-2-4-20(15-19)21(22,23)24/h2-4,10,15-17H,5-9,11-14H2,1H3. The first-order valence-corrected chi connectivity index (χ1v) is 9.51. The van der Waals surface area contributed by atoms with E-state index < -0.39 is 11.7 Å². The van der Waals surface area contributed by atoms with Crippen molar-refractivity contribution in [3.05, 3.63) is 41.5 Å². The maximum atomic E-state index is 12.9. The van der Waals surface area contributed by atoms with Crippen molar-refractivity contribution in [3.8, 4) is 0 Å². The van der Waals surface area contributed by atoms with Crippen molar-refractivity contribution >= 4 is 5.57 Å². The molecule has 0 radical (unpaired) electrons. The molecule has 1 aromatic carbocycles. The highest BCUT2D eigenvalue weighted by Gasteiger charge is 2.30. The number of rotatable bonds is 4. The second kappa shape index (κ2) is 7.94. The van der Waals surface area contributed by atoms with Gasteiger partial charge in [-0.1, -0.05) is 50.8 Å². The zero-order chi connectivity index (χ0) is 17.9. The Kier molecular flexibility index (Phi) is 5.88. The van der Waals surface area contributed by atoms with Gasteiger partial charge in [-0.3, -0.25) is 4.90 Å². The minimum atomic E-state index is -4.27. The molecule has 1 aromatic rings. The van der Waals surface area contributed by atoms with Crippen LogP contribution in [0.2, 0.25) is 0 Å². The first-order chi connectivity index (χ1) is 11.9. The van der Waals surface area contributed by atoms with E-state index in [2.05, 4.69) is 17.9 Å². The Bertz CT molecular complexity index is 597. The third-order valence-corrected chi connectivity index (χ3v) is 5.84. The summed E-state index contributed by atoms with van der Waals surface area (Å²) in [7, 11) is 0. The molecule has 0 unspecified atom stereocenters. The molecule has 1 fully saturated rings. The molecule has 0 spiro atoms. The van der Waals surface area contributed by atoms with Crippen LogP contribution in [0.3, 0.4) is 0 Å². The molecule has 0 aromatic heterocycles. The zero-order valence-corrected chi connectivity index (χ0v) is 15.0. The molecule has 1 heterocycles. The first-order valence-electron chi connectivity index (χ1n) is 9.51. The molecule has 0 atom stereocenters. The van der Waals surface area contributed by atoms with Gasteiger partial charge in [0.2, 0.25) is 0 Å². The largest absolute Gasteiger partial charge is 0.416 e. The SMILES string of the molecule is CC1CCC(CCN2CC=C(c3cccc(C(F)(F)F)c3)CC2)CC1. The Balaban J connectivity index is 1.52. The molecule has 0 N–H and O–H groups in total. The second-order valence-corrected chi connectivity index (χ2v) is 7.77. The Hall–Kier alpha value is -1.29. The Morgan fingerprint density at radius 2 is 1.88 bits per heavy atom. The number of nitrogens with zero attached hydrogens (tertiary/aromatic N) is 1. The van der Waals surface area contributed by atoms with Crippen LogP contribution in [0.5, 0.6) is 0 Å². The molecular weight excluding hydrogens is 323 g/mol. The van der Waals surface area contributed by atoms with Crippen LogP contribution in [0.15, 0.2) is 30.3 Å². The minimum absolute atomic E-state index is 0.556. The first kappa shape index (κ1) is 18.5. The van der Waals surface area contributed by atoms with Crippen LogP contribution < -0.4 is 0 Å². The van der Waals surface area contributed by atoms with E-state index in [1.807, 2.05) is 0 Å². The molecule has 0 bridgehead atoms. The quantitative estimate of drug-likeness (QED) is 0.642. The van der Waals surface area contributed by atoms with E-state index in [0.29, 0.717) is 0 Å². The van der Waals surface area contributed by atoms with Crippen molar-refractivity contribution in [2.24, 2.45) is 11.8 Å². The van der Waals surface area contributed by atoms with Crippen molar-refractivity contribution in [3.63, 3.8) is 0 Å². The topological polar surface area (TPSA) is 3.24 Å². The molecule has 25 heavy (non-hydrogen) atoms. The molecule has 138 valence electrons. The number of alkyl halides is 3. The lowest BCUT2D eigenvalue weighted by atomic mass is 9.81. The Labute approximate surface area is 148 Å². The average molecular weight is 351 g/mol. The summed E-state index contributed by atoms with van der Waals surface area (Å²) < 4.78 is 38.6. The highest BCUT2D eigenvalue weighted by molar-refractivity contribution is 5.67. The predicted molar refractivity (Wildman–Crippen MR) is 96.2 cm³/mol. The predicted octanol–water partition coefficient (Wildman–Crippen LogP) is 6.01. The van der Waals surface area contributed by atoms with E-state index in [-0.39, 0.29) is 0 Å². The number of hydrogen-bond acceptors (Lipinski definition) is 1. The third kappa shape index (κ3) is 5.10. The average Bonchev–Trinajstić information content (AvgIpc) is 2.61. The summed E-state index contributed by atoms with van der Waals surface area (Å²) in [4.78, 5) is 2.44. The smallest absolute Gasteiger partial charge is 0.299 e. The molecule has 2 aliphatic rings. The van der Waals surface area contributed by atoms with Gasteiger partial charge in [0.05, 0.1) is 5.56 Å². The van der Waals surface area contributed by atoms with Gasteiger partial charge in [0.25, 0.3) is 0 Å². The fourth-order valence-corrected chi connectivity index (χ4v) is 4.05. The molecule has 0 saturated heterocycles. The Morgan fingerprint density at radius 1 is 1.12 bits per heavy atom. The van der Waals surface area contributed by atoms with E-state index in [1.165, 1.54) is 44.2 Å². The van der Waals surface area contributed by atoms with E-state index in [0.717, 1.165) is 55.1 Å². The fourth-order valence-electron chi connectivity index (χ4n) is 4.05. The van der Waals surface area contributed by atoms with Gasteiger partial charge in [0.15, 0.2) is 0 Å². The molecule has 0 amide bonds. The molecule has 1 nitrogen and oxygen atoms in total. The van der Waals surface area contributed by atoms with Crippen molar-refractivity contribution in [2.75, 3.05) is 19.6 Å². The lowest BCUT2D eigenvalue weighted by molar-refractivity contribution is -0.137. The normalized spacial score (nSPS) is 25.7. The number of hydrogen-bond donors (Lipinski definition) is 0. The lowest BCUT2D eigenvalue weighted by Crippen LogP contribution is -2.31. The highest BCUT2D eigenvalue weighted by atomic mass is 19.4. The number of halogens is 3. The van der Waals surface area contributed by atoms with Crippen LogP contribution in [0.1, 0.15) is 56.6 Å². The van der Waals surface area contributed by atoms with Gasteiger partial charge in [0.1, 0.15) is 0 Å². The summed E-state index contributed by atoms with van der Waals surface area (Å²) >= 11 is 0. The van der Waals surface area contributed by atoms with Crippen LogP contribution in [-0.4, -0.2) is 24.5 Å². The fraction of sp³-hybridized carbons (Fsp3) is 0.619. The highest BCUT2D eigenvalue weighted by Crippen LogP contribution is 2.33. The molecular formula is C21H28F3N. The van der Waals surface area contributed by atoms with E-state index in [4.69, 9.17) is 0 Å². The van der Waals surface area contributed by atoms with Gasteiger partial charge in [0, 0.05) is 13.1 Å². The molecule has 1 saturated carbocycles. The van der Waals surface area contributed by atoms with E-state index in [9.17, 15) is 13.2 Å². The van der Waals surface area contributed by atoms with Crippen LogP contribution in [0.25, 0.3) is 5.57 Å². The second-order valence-electron chi connectivity index (χ2n) is 7.77. The molecule has 1 aliphatic carbocycles. The summed E-state index contributed by atoms with van der Waals surface area (Å²) in [6, 6.07) is 5.73.